The standard InChI is InChI=1S/C14H12F3N3O/c15-10-4-8(3-9(5-10)14(18)20-21)7-19-11-1-2-12(16)13(17)6-11/h1-6,19,21H,7H2,(H2,18,20). The lowest BCUT2D eigenvalue weighted by atomic mass is 10.1. The summed E-state index contributed by atoms with van der Waals surface area (Å²) in [5.41, 5.74) is 6.47. The van der Waals surface area contributed by atoms with E-state index in [4.69, 9.17) is 10.9 Å². The van der Waals surface area contributed by atoms with Crippen molar-refractivity contribution < 1.29 is 18.4 Å². The molecule has 0 unspecified atom stereocenters. The lowest BCUT2D eigenvalue weighted by Crippen LogP contribution is -2.14. The van der Waals surface area contributed by atoms with Gasteiger partial charge in [0.1, 0.15) is 5.82 Å². The van der Waals surface area contributed by atoms with Crippen molar-refractivity contribution in [2.75, 3.05) is 5.32 Å². The third-order valence-corrected chi connectivity index (χ3v) is 2.78. The van der Waals surface area contributed by atoms with E-state index in [1.54, 1.807) is 0 Å². The molecule has 0 fully saturated rings. The summed E-state index contributed by atoms with van der Waals surface area (Å²) in [6.45, 7) is 0.161. The van der Waals surface area contributed by atoms with E-state index in [1.807, 2.05) is 0 Å². The Bertz CT molecular complexity index is 689. The van der Waals surface area contributed by atoms with Crippen LogP contribution in [0.15, 0.2) is 41.6 Å². The van der Waals surface area contributed by atoms with Crippen molar-refractivity contribution >= 4 is 11.5 Å². The molecule has 0 bridgehead atoms. The van der Waals surface area contributed by atoms with Crippen LogP contribution in [0, 0.1) is 17.5 Å². The molecular weight excluding hydrogens is 283 g/mol. The van der Waals surface area contributed by atoms with Crippen LogP contribution in [-0.2, 0) is 6.54 Å². The molecule has 0 amide bonds. The van der Waals surface area contributed by atoms with Crippen LogP contribution in [0.25, 0.3) is 0 Å². The predicted molar refractivity (Wildman–Crippen MR) is 72.6 cm³/mol. The number of halogens is 3. The molecule has 2 rings (SSSR count). The summed E-state index contributed by atoms with van der Waals surface area (Å²) in [6.07, 6.45) is 0. The molecule has 2 aromatic carbocycles. The number of benzene rings is 2. The minimum absolute atomic E-state index is 0.161. The largest absolute Gasteiger partial charge is 0.409 e. The molecule has 0 aliphatic heterocycles. The molecule has 0 heterocycles. The van der Waals surface area contributed by atoms with Crippen molar-refractivity contribution in [3.63, 3.8) is 0 Å². The van der Waals surface area contributed by atoms with E-state index in [2.05, 4.69) is 10.5 Å². The predicted octanol–water partition coefficient (Wildman–Crippen LogP) is 2.81. The lowest BCUT2D eigenvalue weighted by Gasteiger charge is -2.09. The summed E-state index contributed by atoms with van der Waals surface area (Å²) < 4.78 is 39.3. The highest BCUT2D eigenvalue weighted by Crippen LogP contribution is 2.15. The van der Waals surface area contributed by atoms with E-state index in [-0.39, 0.29) is 17.9 Å². The molecule has 0 aliphatic carbocycles. The maximum atomic E-state index is 13.4. The van der Waals surface area contributed by atoms with Gasteiger partial charge in [0.05, 0.1) is 0 Å². The molecule has 0 aromatic heterocycles. The van der Waals surface area contributed by atoms with Gasteiger partial charge in [-0.3, -0.25) is 0 Å². The minimum Gasteiger partial charge on any atom is -0.409 e. The first-order chi connectivity index (χ1) is 9.99. The van der Waals surface area contributed by atoms with E-state index in [0.29, 0.717) is 11.3 Å². The summed E-state index contributed by atoms with van der Waals surface area (Å²) in [5, 5.41) is 14.2. The molecule has 0 atom stereocenters. The fraction of sp³-hybridized carbons (Fsp3) is 0.0714. The number of oxime groups is 1. The fourth-order valence-electron chi connectivity index (χ4n) is 1.77. The van der Waals surface area contributed by atoms with Crippen LogP contribution in [0.1, 0.15) is 11.1 Å². The Morgan fingerprint density at radius 1 is 1.10 bits per heavy atom. The number of rotatable bonds is 4. The second kappa shape index (κ2) is 6.17. The van der Waals surface area contributed by atoms with Gasteiger partial charge in [-0.25, -0.2) is 13.2 Å². The van der Waals surface area contributed by atoms with Gasteiger partial charge >= 0.3 is 0 Å². The summed E-state index contributed by atoms with van der Waals surface area (Å²) in [5.74, 6) is -2.69. The Labute approximate surface area is 118 Å². The monoisotopic (exact) mass is 295 g/mol. The third kappa shape index (κ3) is 3.65. The Morgan fingerprint density at radius 2 is 1.86 bits per heavy atom. The van der Waals surface area contributed by atoms with Crippen LogP contribution in [0.5, 0.6) is 0 Å². The highest BCUT2D eigenvalue weighted by Gasteiger charge is 2.06. The van der Waals surface area contributed by atoms with Gasteiger partial charge in [-0.2, -0.15) is 0 Å². The van der Waals surface area contributed by atoms with E-state index >= 15 is 0 Å². The van der Waals surface area contributed by atoms with Crippen molar-refractivity contribution in [3.05, 3.63) is 65.0 Å². The Kier molecular flexibility index (Phi) is 4.32. The van der Waals surface area contributed by atoms with E-state index in [1.165, 1.54) is 18.2 Å². The van der Waals surface area contributed by atoms with Crippen molar-refractivity contribution in [2.24, 2.45) is 10.9 Å². The Hall–Kier alpha value is -2.70. The molecule has 2 aromatic rings. The van der Waals surface area contributed by atoms with Crippen molar-refractivity contribution in [3.8, 4) is 0 Å². The summed E-state index contributed by atoms with van der Waals surface area (Å²) >= 11 is 0. The first kappa shape index (κ1) is 14.7. The van der Waals surface area contributed by atoms with Crippen molar-refractivity contribution in [1.29, 1.82) is 0 Å². The van der Waals surface area contributed by atoms with Gasteiger partial charge in [-0.15, -0.1) is 0 Å². The highest BCUT2D eigenvalue weighted by molar-refractivity contribution is 5.97. The number of anilines is 1. The second-order valence-electron chi connectivity index (χ2n) is 4.32. The van der Waals surface area contributed by atoms with Crippen LogP contribution < -0.4 is 11.1 Å². The molecule has 0 saturated carbocycles. The molecule has 4 N–H and O–H groups in total. The number of nitrogens with zero attached hydrogens (tertiary/aromatic N) is 1. The van der Waals surface area contributed by atoms with Gasteiger partial charge in [0.15, 0.2) is 17.5 Å². The topological polar surface area (TPSA) is 70.6 Å². The first-order valence-electron chi connectivity index (χ1n) is 5.96. The van der Waals surface area contributed by atoms with E-state index in [9.17, 15) is 13.2 Å². The summed E-state index contributed by atoms with van der Waals surface area (Å²) in [4.78, 5) is 0. The van der Waals surface area contributed by atoms with Gasteiger partial charge in [0.2, 0.25) is 0 Å². The maximum absolute atomic E-state index is 13.4. The molecule has 0 aliphatic rings. The number of nitrogens with two attached hydrogens (primary N) is 1. The molecule has 21 heavy (non-hydrogen) atoms. The molecule has 0 saturated heterocycles. The van der Waals surface area contributed by atoms with Crippen LogP contribution in [0.4, 0.5) is 18.9 Å². The van der Waals surface area contributed by atoms with Gasteiger partial charge in [-0.05, 0) is 35.9 Å². The fourth-order valence-corrected chi connectivity index (χ4v) is 1.77. The highest BCUT2D eigenvalue weighted by atomic mass is 19.2. The Balaban J connectivity index is 2.16. The zero-order valence-electron chi connectivity index (χ0n) is 10.8. The molecule has 0 radical (unpaired) electrons. The van der Waals surface area contributed by atoms with Crippen molar-refractivity contribution in [1.82, 2.24) is 0 Å². The SMILES string of the molecule is N/C(=N/O)c1cc(F)cc(CNc2ccc(F)c(F)c2)c1. The molecule has 4 nitrogen and oxygen atoms in total. The lowest BCUT2D eigenvalue weighted by molar-refractivity contribution is 0.318. The molecule has 7 heteroatoms. The van der Waals surface area contributed by atoms with Crippen LogP contribution >= 0.6 is 0 Å². The zero-order chi connectivity index (χ0) is 15.4. The zero-order valence-corrected chi connectivity index (χ0v) is 10.8. The number of hydrogen-bond donors (Lipinski definition) is 3. The van der Waals surface area contributed by atoms with Crippen LogP contribution in [-0.4, -0.2) is 11.0 Å². The van der Waals surface area contributed by atoms with Gasteiger partial charge in [0, 0.05) is 23.9 Å². The minimum atomic E-state index is -0.975. The average molecular weight is 295 g/mol. The quantitative estimate of drug-likeness (QED) is 0.351. The van der Waals surface area contributed by atoms with Gasteiger partial charge in [-0.1, -0.05) is 5.16 Å². The van der Waals surface area contributed by atoms with E-state index < -0.39 is 17.5 Å². The van der Waals surface area contributed by atoms with Crippen LogP contribution in [0.3, 0.4) is 0 Å². The average Bonchev–Trinajstić information content (AvgIpc) is 2.47. The normalized spacial score (nSPS) is 11.5. The van der Waals surface area contributed by atoms with Gasteiger partial charge < -0.3 is 16.3 Å². The van der Waals surface area contributed by atoms with Crippen LogP contribution in [0.2, 0.25) is 0 Å². The van der Waals surface area contributed by atoms with Crippen molar-refractivity contribution in [2.45, 2.75) is 6.54 Å². The number of nitrogens with one attached hydrogen (secondary N) is 1. The molecular formula is C14H12F3N3O. The molecule has 0 spiro atoms. The first-order valence-corrected chi connectivity index (χ1v) is 5.96. The molecule has 110 valence electrons. The summed E-state index contributed by atoms with van der Waals surface area (Å²) in [7, 11) is 0. The Morgan fingerprint density at radius 3 is 2.52 bits per heavy atom. The second-order valence-corrected chi connectivity index (χ2v) is 4.32. The number of amidine groups is 1. The summed E-state index contributed by atoms with van der Waals surface area (Å²) in [6, 6.07) is 7.24. The third-order valence-electron chi connectivity index (χ3n) is 2.78. The smallest absolute Gasteiger partial charge is 0.170 e. The maximum Gasteiger partial charge on any atom is 0.170 e. The van der Waals surface area contributed by atoms with E-state index in [0.717, 1.165) is 18.2 Å². The van der Waals surface area contributed by atoms with Gasteiger partial charge in [0.25, 0.3) is 0 Å². The number of hydrogen-bond acceptors (Lipinski definition) is 3.